The van der Waals surface area contributed by atoms with Crippen LogP contribution in [0.5, 0.6) is 0 Å². The molecule has 1 fully saturated rings. The van der Waals surface area contributed by atoms with Gasteiger partial charge in [-0.05, 0) is 46.5 Å². The van der Waals surface area contributed by atoms with E-state index in [-0.39, 0.29) is 31.0 Å². The van der Waals surface area contributed by atoms with Crippen molar-refractivity contribution in [2.45, 2.75) is 97.4 Å². The van der Waals surface area contributed by atoms with Crippen LogP contribution in [-0.4, -0.2) is 74.9 Å². The number of methoxy groups -OCH3 is 1. The maximum Gasteiger partial charge on any atom is 0.330 e. The molecule has 6 atom stereocenters. The van der Waals surface area contributed by atoms with Gasteiger partial charge in [0.25, 0.3) is 14.1 Å². The third-order valence-corrected chi connectivity index (χ3v) is 9.04. The van der Waals surface area contributed by atoms with Crippen LogP contribution in [0.1, 0.15) is 67.0 Å². The van der Waals surface area contributed by atoms with Crippen LogP contribution in [0.25, 0.3) is 0 Å². The Morgan fingerprint density at radius 3 is 2.46 bits per heavy atom. The highest BCUT2D eigenvalue weighted by Gasteiger charge is 2.49. The first-order chi connectivity index (χ1) is 18.5. The fraction of sp³-hybridized carbons (Fsp3) is 0.800. The third kappa shape index (κ3) is 10.1. The van der Waals surface area contributed by atoms with Gasteiger partial charge in [0, 0.05) is 37.2 Å². The largest absolute Gasteiger partial charge is 0.374 e. The maximum absolute atomic E-state index is 12.6. The second kappa shape index (κ2) is 16.7. The summed E-state index contributed by atoms with van der Waals surface area (Å²) in [6, 6.07) is 3.50. The Labute approximate surface area is 234 Å². The molecule has 1 aromatic rings. The lowest BCUT2D eigenvalue weighted by molar-refractivity contribution is -0.0547. The normalized spacial score (nSPS) is 23.1. The standard InChI is InChI=1S/C25H43N4O8PS/c1-17(2)16-35-39(32)15-8-10-20-22(37-38(34-14-9-12-26)29(18(3)4)19(5)6)23(33-7)24(36-20)28-13-11-21(30)27-25(28)31/h11,13,17-20,22-24H,8-10,14-16H2,1-7H3,(H,27,30,31). The summed E-state index contributed by atoms with van der Waals surface area (Å²) >= 11 is -1.43. The van der Waals surface area contributed by atoms with E-state index in [1.54, 1.807) is 0 Å². The minimum atomic E-state index is -1.63. The van der Waals surface area contributed by atoms with E-state index >= 15 is 0 Å². The van der Waals surface area contributed by atoms with Gasteiger partial charge in [0.1, 0.15) is 12.2 Å². The molecule has 0 aromatic carbocycles. The fourth-order valence-corrected chi connectivity index (χ4v) is 6.95. The number of H-pyrrole nitrogens is 1. The summed E-state index contributed by atoms with van der Waals surface area (Å²) in [6.07, 6.45) is -0.227. The van der Waals surface area contributed by atoms with Gasteiger partial charge in [-0.3, -0.25) is 18.5 Å². The first kappa shape index (κ1) is 33.7. The first-order valence-corrected chi connectivity index (χ1v) is 15.6. The van der Waals surface area contributed by atoms with Crippen molar-refractivity contribution in [3.05, 3.63) is 33.1 Å². The van der Waals surface area contributed by atoms with Crippen molar-refractivity contribution in [1.29, 1.82) is 5.26 Å². The molecule has 6 unspecified atom stereocenters. The van der Waals surface area contributed by atoms with Crippen LogP contribution in [-0.2, 0) is 33.8 Å². The van der Waals surface area contributed by atoms with Crippen molar-refractivity contribution in [3.63, 3.8) is 0 Å². The molecule has 12 nitrogen and oxygen atoms in total. The fourth-order valence-electron chi connectivity index (χ4n) is 4.24. The minimum absolute atomic E-state index is 0.0816. The molecule has 2 rings (SSSR count). The smallest absolute Gasteiger partial charge is 0.330 e. The number of hydrogen-bond acceptors (Lipinski definition) is 10. The van der Waals surface area contributed by atoms with Crippen molar-refractivity contribution in [1.82, 2.24) is 14.2 Å². The van der Waals surface area contributed by atoms with Gasteiger partial charge >= 0.3 is 5.69 Å². The van der Waals surface area contributed by atoms with Crippen molar-refractivity contribution in [2.24, 2.45) is 5.92 Å². The molecule has 1 aliphatic heterocycles. The Kier molecular flexibility index (Phi) is 14.4. The Balaban J connectivity index is 2.35. The van der Waals surface area contributed by atoms with E-state index in [9.17, 15) is 13.8 Å². The van der Waals surface area contributed by atoms with Gasteiger partial charge in [-0.15, -0.1) is 0 Å². The quantitative estimate of drug-likeness (QED) is 0.212. The molecule has 222 valence electrons. The molecule has 0 radical (unpaired) electrons. The summed E-state index contributed by atoms with van der Waals surface area (Å²) in [4.78, 5) is 26.5. The highest BCUT2D eigenvalue weighted by molar-refractivity contribution is 7.80. The first-order valence-electron chi connectivity index (χ1n) is 13.3. The van der Waals surface area contributed by atoms with Crippen molar-refractivity contribution < 1.29 is 26.9 Å². The molecule has 1 aromatic heterocycles. The van der Waals surface area contributed by atoms with Crippen molar-refractivity contribution in [3.8, 4) is 6.07 Å². The summed E-state index contributed by atoms with van der Waals surface area (Å²) in [5, 5.41) is 9.05. The molecule has 1 aliphatic rings. The van der Waals surface area contributed by atoms with Crippen LogP contribution in [0, 0.1) is 17.2 Å². The lowest BCUT2D eigenvalue weighted by Crippen LogP contribution is -2.41. The molecule has 14 heteroatoms. The summed E-state index contributed by atoms with van der Waals surface area (Å²) in [7, 11) is -0.127. The third-order valence-electron chi connectivity index (χ3n) is 5.89. The van der Waals surface area contributed by atoms with E-state index in [2.05, 4.69) is 15.7 Å². The average Bonchev–Trinajstić information content (AvgIpc) is 3.19. The molecule has 0 amide bonds. The monoisotopic (exact) mass is 590 g/mol. The van der Waals surface area contributed by atoms with Crippen LogP contribution < -0.4 is 11.2 Å². The second-order valence-electron chi connectivity index (χ2n) is 10.2. The molecular weight excluding hydrogens is 547 g/mol. The van der Waals surface area contributed by atoms with Crippen LogP contribution in [0.15, 0.2) is 21.9 Å². The zero-order valence-electron chi connectivity index (χ0n) is 23.9. The summed E-state index contributed by atoms with van der Waals surface area (Å²) in [6.45, 7) is 12.7. The summed E-state index contributed by atoms with van der Waals surface area (Å²) < 4.78 is 46.0. The molecule has 1 N–H and O–H groups in total. The van der Waals surface area contributed by atoms with E-state index in [1.165, 1.54) is 23.9 Å². The number of rotatable bonds is 17. The van der Waals surface area contributed by atoms with E-state index in [0.717, 1.165) is 0 Å². The van der Waals surface area contributed by atoms with E-state index < -0.39 is 55.4 Å². The zero-order chi connectivity index (χ0) is 29.1. The predicted molar refractivity (Wildman–Crippen MR) is 149 cm³/mol. The van der Waals surface area contributed by atoms with Crippen LogP contribution in [0.3, 0.4) is 0 Å². The molecule has 0 bridgehead atoms. The molecule has 2 heterocycles. The SMILES string of the molecule is COC1C(OP(OCCC#N)N(C(C)C)C(C)C)C(CCCS(=O)OCC(C)C)OC1n1ccc(=O)[nH]c1=O. The number of nitriles is 1. The number of hydrogen-bond donors (Lipinski definition) is 1. The summed E-state index contributed by atoms with van der Waals surface area (Å²) in [5.74, 6) is 0.589. The topological polar surface area (TPSA) is 145 Å². The van der Waals surface area contributed by atoms with Crippen molar-refractivity contribution >= 4 is 19.6 Å². The van der Waals surface area contributed by atoms with Gasteiger partial charge in [0.15, 0.2) is 17.3 Å². The molecule has 0 saturated carbocycles. The van der Waals surface area contributed by atoms with Gasteiger partial charge in [-0.25, -0.2) is 13.7 Å². The van der Waals surface area contributed by atoms with Crippen LogP contribution >= 0.6 is 8.53 Å². The lowest BCUT2D eigenvalue weighted by atomic mass is 10.1. The van der Waals surface area contributed by atoms with E-state index in [4.69, 9.17) is 28.0 Å². The number of aromatic amines is 1. The lowest BCUT2D eigenvalue weighted by Gasteiger charge is -2.38. The zero-order valence-corrected chi connectivity index (χ0v) is 25.6. The number of ether oxygens (including phenoxy) is 2. The summed E-state index contributed by atoms with van der Waals surface area (Å²) in [5.41, 5.74) is -1.15. The number of nitrogens with zero attached hydrogens (tertiary/aromatic N) is 3. The Morgan fingerprint density at radius 2 is 1.90 bits per heavy atom. The molecule has 0 aliphatic carbocycles. The van der Waals surface area contributed by atoms with Gasteiger partial charge in [-0.1, -0.05) is 13.8 Å². The van der Waals surface area contributed by atoms with Crippen LogP contribution in [0.2, 0.25) is 0 Å². The molecule has 39 heavy (non-hydrogen) atoms. The van der Waals surface area contributed by atoms with Gasteiger partial charge in [0.2, 0.25) is 0 Å². The maximum atomic E-state index is 12.6. The Morgan fingerprint density at radius 1 is 1.21 bits per heavy atom. The van der Waals surface area contributed by atoms with Crippen molar-refractivity contribution in [2.75, 3.05) is 26.1 Å². The Hall–Kier alpha value is -1.49. The van der Waals surface area contributed by atoms with Gasteiger partial charge in [-0.2, -0.15) is 5.26 Å². The van der Waals surface area contributed by atoms with E-state index in [1.807, 2.05) is 41.5 Å². The van der Waals surface area contributed by atoms with Crippen LogP contribution in [0.4, 0.5) is 0 Å². The van der Waals surface area contributed by atoms with Gasteiger partial charge < -0.3 is 18.5 Å². The second-order valence-corrected chi connectivity index (χ2v) is 12.9. The Bertz CT molecular complexity index is 1050. The van der Waals surface area contributed by atoms with Gasteiger partial charge in [0.05, 0.1) is 31.8 Å². The molecule has 1 saturated heterocycles. The number of nitrogens with one attached hydrogen (secondary N) is 1. The average molecular weight is 591 g/mol. The molecular formula is C25H43N4O8PS. The molecule has 0 spiro atoms. The highest BCUT2D eigenvalue weighted by Crippen LogP contribution is 2.50. The minimum Gasteiger partial charge on any atom is -0.374 e. The number of aromatic nitrogens is 2. The van der Waals surface area contributed by atoms with E-state index in [0.29, 0.717) is 25.2 Å². The highest BCUT2D eigenvalue weighted by atomic mass is 32.2. The predicted octanol–water partition coefficient (Wildman–Crippen LogP) is 3.23.